The fraction of sp³-hybridized carbons (Fsp3) is 0.333. The Bertz CT molecular complexity index is 436. The van der Waals surface area contributed by atoms with Crippen molar-refractivity contribution in [2.45, 2.75) is 26.4 Å². The van der Waals surface area contributed by atoms with Gasteiger partial charge in [0.15, 0.2) is 0 Å². The van der Waals surface area contributed by atoms with Gasteiger partial charge in [0.2, 0.25) is 0 Å². The molecule has 2 rings (SSSR count). The summed E-state index contributed by atoms with van der Waals surface area (Å²) in [4.78, 5) is 8.29. The van der Waals surface area contributed by atoms with Gasteiger partial charge in [-0.1, -0.05) is 0 Å². The second kappa shape index (κ2) is 4.79. The van der Waals surface area contributed by atoms with E-state index in [1.807, 2.05) is 35.4 Å². The standard InChI is InChI=1S/C12H16N4/c1-10-3-4-14-12(7-10)15-11(2)8-16-6-5-13-9-16/h3-7,9,11H,8H2,1-2H3,(H,14,15). The predicted octanol–water partition coefficient (Wildman–Crippen LogP) is 2.09. The number of aromatic nitrogens is 3. The average molecular weight is 216 g/mol. The first kappa shape index (κ1) is 10.7. The summed E-state index contributed by atoms with van der Waals surface area (Å²) < 4.78 is 2.05. The molecule has 0 bridgehead atoms. The molecule has 84 valence electrons. The lowest BCUT2D eigenvalue weighted by Crippen LogP contribution is -2.21. The molecule has 0 spiro atoms. The van der Waals surface area contributed by atoms with Crippen LogP contribution in [0.2, 0.25) is 0 Å². The Hall–Kier alpha value is -1.84. The van der Waals surface area contributed by atoms with Crippen LogP contribution in [0.5, 0.6) is 0 Å². The minimum atomic E-state index is 0.323. The average Bonchev–Trinajstić information content (AvgIpc) is 2.70. The largest absolute Gasteiger partial charge is 0.366 e. The molecule has 2 aromatic rings. The first-order valence-corrected chi connectivity index (χ1v) is 5.39. The molecule has 16 heavy (non-hydrogen) atoms. The van der Waals surface area contributed by atoms with E-state index in [-0.39, 0.29) is 0 Å². The van der Waals surface area contributed by atoms with Gasteiger partial charge in [-0.2, -0.15) is 0 Å². The van der Waals surface area contributed by atoms with Crippen LogP contribution in [0.25, 0.3) is 0 Å². The van der Waals surface area contributed by atoms with Crippen LogP contribution < -0.4 is 5.32 Å². The molecule has 1 unspecified atom stereocenters. The molecule has 4 nitrogen and oxygen atoms in total. The summed E-state index contributed by atoms with van der Waals surface area (Å²) >= 11 is 0. The van der Waals surface area contributed by atoms with Gasteiger partial charge in [0, 0.05) is 31.2 Å². The molecule has 2 aromatic heterocycles. The first-order chi connectivity index (χ1) is 7.74. The van der Waals surface area contributed by atoms with Crippen LogP contribution in [0.3, 0.4) is 0 Å². The molecule has 4 heteroatoms. The number of pyridine rings is 1. The number of hydrogen-bond donors (Lipinski definition) is 1. The van der Waals surface area contributed by atoms with Gasteiger partial charge in [0.1, 0.15) is 5.82 Å². The van der Waals surface area contributed by atoms with E-state index in [1.54, 1.807) is 6.20 Å². The lowest BCUT2D eigenvalue weighted by Gasteiger charge is -2.15. The maximum atomic E-state index is 4.27. The third kappa shape index (κ3) is 2.82. The molecule has 0 aliphatic heterocycles. The zero-order chi connectivity index (χ0) is 11.4. The molecular formula is C12H16N4. The predicted molar refractivity (Wildman–Crippen MR) is 64.3 cm³/mol. The van der Waals surface area contributed by atoms with Crippen LogP contribution in [-0.2, 0) is 6.54 Å². The Labute approximate surface area is 95.4 Å². The highest BCUT2D eigenvalue weighted by atomic mass is 15.1. The normalized spacial score (nSPS) is 12.4. The maximum Gasteiger partial charge on any atom is 0.126 e. The van der Waals surface area contributed by atoms with Gasteiger partial charge in [0.25, 0.3) is 0 Å². The highest BCUT2D eigenvalue weighted by Gasteiger charge is 2.03. The van der Waals surface area contributed by atoms with E-state index in [0.717, 1.165) is 12.4 Å². The van der Waals surface area contributed by atoms with Crippen LogP contribution >= 0.6 is 0 Å². The van der Waals surface area contributed by atoms with E-state index in [4.69, 9.17) is 0 Å². The van der Waals surface area contributed by atoms with Gasteiger partial charge in [0.05, 0.1) is 6.33 Å². The Balaban J connectivity index is 1.94. The molecule has 1 N–H and O–H groups in total. The maximum absolute atomic E-state index is 4.27. The summed E-state index contributed by atoms with van der Waals surface area (Å²) in [6, 6.07) is 4.36. The third-order valence-corrected chi connectivity index (χ3v) is 2.35. The Morgan fingerprint density at radius 2 is 2.31 bits per heavy atom. The van der Waals surface area contributed by atoms with E-state index in [1.165, 1.54) is 5.56 Å². The second-order valence-corrected chi connectivity index (χ2v) is 4.02. The van der Waals surface area contributed by atoms with Gasteiger partial charge in [-0.25, -0.2) is 9.97 Å². The summed E-state index contributed by atoms with van der Waals surface area (Å²) in [5, 5.41) is 3.36. The van der Waals surface area contributed by atoms with Gasteiger partial charge >= 0.3 is 0 Å². The molecule has 0 aliphatic rings. The summed E-state index contributed by atoms with van der Waals surface area (Å²) in [5.41, 5.74) is 1.22. The van der Waals surface area contributed by atoms with Gasteiger partial charge < -0.3 is 9.88 Å². The topological polar surface area (TPSA) is 42.7 Å². The number of imidazole rings is 1. The zero-order valence-corrected chi connectivity index (χ0v) is 9.59. The molecule has 0 saturated heterocycles. The van der Waals surface area contributed by atoms with Crippen molar-refractivity contribution in [3.8, 4) is 0 Å². The molecule has 2 heterocycles. The summed E-state index contributed by atoms with van der Waals surface area (Å²) in [6.07, 6.45) is 7.39. The van der Waals surface area contributed by atoms with Crippen LogP contribution in [0, 0.1) is 6.92 Å². The van der Waals surface area contributed by atoms with Gasteiger partial charge in [-0.05, 0) is 31.5 Å². The van der Waals surface area contributed by atoms with Crippen molar-refractivity contribution >= 4 is 5.82 Å². The fourth-order valence-electron chi connectivity index (χ4n) is 1.62. The highest BCUT2D eigenvalue weighted by molar-refractivity contribution is 5.37. The van der Waals surface area contributed by atoms with E-state index < -0.39 is 0 Å². The van der Waals surface area contributed by atoms with Crippen molar-refractivity contribution in [1.82, 2.24) is 14.5 Å². The van der Waals surface area contributed by atoms with Gasteiger partial charge in [-0.15, -0.1) is 0 Å². The minimum absolute atomic E-state index is 0.323. The van der Waals surface area contributed by atoms with E-state index in [2.05, 4.69) is 29.1 Å². The number of aryl methyl sites for hydroxylation is 1. The number of nitrogens with zero attached hydrogens (tertiary/aromatic N) is 3. The molecule has 0 aromatic carbocycles. The number of nitrogens with one attached hydrogen (secondary N) is 1. The van der Waals surface area contributed by atoms with E-state index >= 15 is 0 Å². The quantitative estimate of drug-likeness (QED) is 0.851. The molecule has 0 amide bonds. The first-order valence-electron chi connectivity index (χ1n) is 5.39. The van der Waals surface area contributed by atoms with Crippen molar-refractivity contribution in [2.75, 3.05) is 5.32 Å². The monoisotopic (exact) mass is 216 g/mol. The van der Waals surface area contributed by atoms with Crippen LogP contribution in [0.4, 0.5) is 5.82 Å². The number of hydrogen-bond acceptors (Lipinski definition) is 3. The van der Waals surface area contributed by atoms with Gasteiger partial charge in [-0.3, -0.25) is 0 Å². The summed E-state index contributed by atoms with van der Waals surface area (Å²) in [7, 11) is 0. The van der Waals surface area contributed by atoms with Crippen molar-refractivity contribution in [3.63, 3.8) is 0 Å². The van der Waals surface area contributed by atoms with Crippen molar-refractivity contribution in [1.29, 1.82) is 0 Å². The molecule has 0 aliphatic carbocycles. The SMILES string of the molecule is Cc1ccnc(NC(C)Cn2ccnc2)c1. The van der Waals surface area contributed by atoms with Crippen LogP contribution in [-0.4, -0.2) is 20.6 Å². The molecule has 0 radical (unpaired) electrons. The van der Waals surface area contributed by atoms with Crippen molar-refractivity contribution in [2.24, 2.45) is 0 Å². The Morgan fingerprint density at radius 1 is 1.44 bits per heavy atom. The number of anilines is 1. The lowest BCUT2D eigenvalue weighted by atomic mass is 10.3. The molecule has 0 saturated carbocycles. The van der Waals surface area contributed by atoms with Crippen molar-refractivity contribution < 1.29 is 0 Å². The molecule has 1 atom stereocenters. The summed E-state index contributed by atoms with van der Waals surface area (Å²) in [6.45, 7) is 5.08. The molecule has 0 fully saturated rings. The minimum Gasteiger partial charge on any atom is -0.366 e. The smallest absolute Gasteiger partial charge is 0.126 e. The molecular weight excluding hydrogens is 200 g/mol. The van der Waals surface area contributed by atoms with E-state index in [0.29, 0.717) is 6.04 Å². The Morgan fingerprint density at radius 3 is 3.00 bits per heavy atom. The van der Waals surface area contributed by atoms with E-state index in [9.17, 15) is 0 Å². The van der Waals surface area contributed by atoms with Crippen LogP contribution in [0.1, 0.15) is 12.5 Å². The van der Waals surface area contributed by atoms with Crippen molar-refractivity contribution in [3.05, 3.63) is 42.6 Å². The lowest BCUT2D eigenvalue weighted by molar-refractivity contribution is 0.617. The third-order valence-electron chi connectivity index (χ3n) is 2.35. The summed E-state index contributed by atoms with van der Waals surface area (Å²) in [5.74, 6) is 0.924. The second-order valence-electron chi connectivity index (χ2n) is 4.02. The zero-order valence-electron chi connectivity index (χ0n) is 9.59. The van der Waals surface area contributed by atoms with Crippen LogP contribution in [0.15, 0.2) is 37.1 Å². The highest BCUT2D eigenvalue weighted by Crippen LogP contribution is 2.07. The number of rotatable bonds is 4. The fourth-order valence-corrected chi connectivity index (χ4v) is 1.62. The Kier molecular flexibility index (Phi) is 3.19.